The molecule has 0 spiro atoms. The second-order valence-corrected chi connectivity index (χ2v) is 7.44. The Kier molecular flexibility index (Phi) is 15.2. The van der Waals surface area contributed by atoms with Crippen LogP contribution in [0.25, 0.3) is 0 Å². The predicted octanol–water partition coefficient (Wildman–Crippen LogP) is 2.31. The topological polar surface area (TPSA) is 138 Å². The van der Waals surface area contributed by atoms with Gasteiger partial charge < -0.3 is 25.2 Å². The maximum absolute atomic E-state index is 11.8. The van der Waals surface area contributed by atoms with Gasteiger partial charge in [-0.15, -0.1) is 0 Å². The molecular formula is C16H34NO8P. The highest BCUT2D eigenvalue weighted by molar-refractivity contribution is 7.47. The van der Waals surface area contributed by atoms with Crippen LogP contribution in [-0.2, 0) is 27.9 Å². The fourth-order valence-corrected chi connectivity index (χ4v) is 2.65. The van der Waals surface area contributed by atoms with E-state index in [1.54, 1.807) is 0 Å². The summed E-state index contributed by atoms with van der Waals surface area (Å²) in [6.07, 6.45) is 5.56. The quantitative estimate of drug-likeness (QED) is 0.234. The van der Waals surface area contributed by atoms with Gasteiger partial charge in [0.05, 0.1) is 19.8 Å². The van der Waals surface area contributed by atoms with E-state index in [4.69, 9.17) is 24.8 Å². The van der Waals surface area contributed by atoms with E-state index < -0.39 is 32.5 Å². The number of rotatable bonds is 18. The lowest BCUT2D eigenvalue weighted by Gasteiger charge is -2.20. The van der Waals surface area contributed by atoms with E-state index in [1.165, 1.54) is 0 Å². The van der Waals surface area contributed by atoms with Crippen molar-refractivity contribution >= 4 is 13.8 Å². The second kappa shape index (κ2) is 15.5. The minimum Gasteiger partial charge on any atom is -0.480 e. The molecule has 0 aliphatic rings. The maximum Gasteiger partial charge on any atom is 0.472 e. The summed E-state index contributed by atoms with van der Waals surface area (Å²) >= 11 is 0. The van der Waals surface area contributed by atoms with Gasteiger partial charge in [0.15, 0.2) is 0 Å². The average molecular weight is 399 g/mol. The number of carboxylic acid groups (broad SMARTS) is 1. The summed E-state index contributed by atoms with van der Waals surface area (Å²) in [7, 11) is -4.41. The summed E-state index contributed by atoms with van der Waals surface area (Å²) in [6.45, 7) is 4.68. The normalized spacial score (nSPS) is 16.2. The van der Waals surface area contributed by atoms with E-state index in [9.17, 15) is 14.3 Å². The van der Waals surface area contributed by atoms with Gasteiger partial charge in [0.25, 0.3) is 0 Å². The van der Waals surface area contributed by atoms with E-state index in [1.807, 2.05) is 0 Å². The standard InChI is InChI=1S/C16H34NO8P/c1-3-5-7-9-22-11-14(23-10-8-6-4-2)12-24-26(20,21)25-13-15(17)16(18)19/h14-15H,3-13,17H2,1-2H3,(H,18,19)(H,20,21)/t14-,15+/m1/s1. The largest absolute Gasteiger partial charge is 0.480 e. The number of hydrogen-bond donors (Lipinski definition) is 3. The Morgan fingerprint density at radius 3 is 2.15 bits per heavy atom. The van der Waals surface area contributed by atoms with Crippen molar-refractivity contribution in [2.75, 3.05) is 33.0 Å². The van der Waals surface area contributed by atoms with Gasteiger partial charge in [-0.2, -0.15) is 0 Å². The van der Waals surface area contributed by atoms with E-state index in [-0.39, 0.29) is 13.2 Å². The molecule has 0 fully saturated rings. The molecule has 156 valence electrons. The molecule has 0 heterocycles. The summed E-state index contributed by atoms with van der Waals surface area (Å²) in [5, 5.41) is 8.64. The first-order valence-corrected chi connectivity index (χ1v) is 10.6. The Labute approximate surface area is 155 Å². The van der Waals surface area contributed by atoms with E-state index in [2.05, 4.69) is 18.4 Å². The predicted molar refractivity (Wildman–Crippen MR) is 96.9 cm³/mol. The van der Waals surface area contributed by atoms with Crippen molar-refractivity contribution in [3.63, 3.8) is 0 Å². The van der Waals surface area contributed by atoms with Crippen molar-refractivity contribution in [3.8, 4) is 0 Å². The van der Waals surface area contributed by atoms with Crippen LogP contribution >= 0.6 is 7.82 Å². The van der Waals surface area contributed by atoms with Gasteiger partial charge in [0.1, 0.15) is 12.1 Å². The molecule has 0 aromatic rings. The summed E-state index contributed by atoms with van der Waals surface area (Å²) in [5.74, 6) is -1.33. The monoisotopic (exact) mass is 399 g/mol. The van der Waals surface area contributed by atoms with E-state index >= 15 is 0 Å². The molecule has 0 amide bonds. The molecule has 0 bridgehead atoms. The molecule has 0 aliphatic carbocycles. The van der Waals surface area contributed by atoms with Gasteiger partial charge in [0.2, 0.25) is 0 Å². The van der Waals surface area contributed by atoms with Gasteiger partial charge in [-0.3, -0.25) is 13.8 Å². The first kappa shape index (κ1) is 25.5. The number of aliphatic carboxylic acids is 1. The highest BCUT2D eigenvalue weighted by Crippen LogP contribution is 2.43. The Morgan fingerprint density at radius 2 is 1.58 bits per heavy atom. The lowest BCUT2D eigenvalue weighted by molar-refractivity contribution is -0.139. The minimum absolute atomic E-state index is 0.198. The summed E-state index contributed by atoms with van der Waals surface area (Å²) in [5.41, 5.74) is 5.22. The number of nitrogens with two attached hydrogens (primary N) is 1. The van der Waals surface area contributed by atoms with Crippen molar-refractivity contribution in [3.05, 3.63) is 0 Å². The Balaban J connectivity index is 4.29. The number of hydrogen-bond acceptors (Lipinski definition) is 7. The van der Waals surface area contributed by atoms with Crippen LogP contribution in [0.5, 0.6) is 0 Å². The molecular weight excluding hydrogens is 365 g/mol. The first-order chi connectivity index (χ1) is 12.3. The lowest BCUT2D eigenvalue weighted by Crippen LogP contribution is -2.34. The summed E-state index contributed by atoms with van der Waals surface area (Å²) in [4.78, 5) is 20.2. The van der Waals surface area contributed by atoms with Crippen molar-refractivity contribution in [1.82, 2.24) is 0 Å². The van der Waals surface area contributed by atoms with Crippen LogP contribution in [0.15, 0.2) is 0 Å². The van der Waals surface area contributed by atoms with Crippen molar-refractivity contribution in [2.24, 2.45) is 5.73 Å². The molecule has 1 unspecified atom stereocenters. The first-order valence-electron chi connectivity index (χ1n) is 9.12. The molecule has 0 radical (unpaired) electrons. The van der Waals surface area contributed by atoms with Gasteiger partial charge >= 0.3 is 13.8 Å². The number of carboxylic acids is 1. The zero-order valence-corrected chi connectivity index (χ0v) is 16.7. The highest BCUT2D eigenvalue weighted by Gasteiger charge is 2.26. The summed E-state index contributed by atoms with van der Waals surface area (Å²) in [6, 6.07) is -1.40. The molecule has 0 saturated heterocycles. The molecule has 0 aromatic heterocycles. The minimum atomic E-state index is -4.41. The van der Waals surface area contributed by atoms with Crippen LogP contribution in [0.2, 0.25) is 0 Å². The molecule has 3 atom stereocenters. The van der Waals surface area contributed by atoms with E-state index in [0.29, 0.717) is 13.2 Å². The molecule has 4 N–H and O–H groups in total. The third-order valence-corrected chi connectivity index (χ3v) is 4.41. The number of carbonyl (C=O) groups is 1. The van der Waals surface area contributed by atoms with E-state index in [0.717, 1.165) is 38.5 Å². The number of ether oxygens (including phenoxy) is 2. The molecule has 9 nitrogen and oxygen atoms in total. The highest BCUT2D eigenvalue weighted by atomic mass is 31.2. The van der Waals surface area contributed by atoms with Gasteiger partial charge in [0, 0.05) is 13.2 Å². The zero-order chi connectivity index (χ0) is 19.8. The van der Waals surface area contributed by atoms with Gasteiger partial charge in [-0.1, -0.05) is 39.5 Å². The maximum atomic E-state index is 11.8. The third kappa shape index (κ3) is 14.6. The molecule has 10 heteroatoms. The number of phosphoric ester groups is 1. The van der Waals surface area contributed by atoms with Gasteiger partial charge in [-0.25, -0.2) is 4.57 Å². The Bertz CT molecular complexity index is 410. The zero-order valence-electron chi connectivity index (χ0n) is 15.8. The van der Waals surface area contributed by atoms with Crippen molar-refractivity contribution in [1.29, 1.82) is 0 Å². The fraction of sp³-hybridized carbons (Fsp3) is 0.938. The average Bonchev–Trinajstić information content (AvgIpc) is 2.60. The van der Waals surface area contributed by atoms with Crippen LogP contribution < -0.4 is 5.73 Å². The third-order valence-electron chi connectivity index (χ3n) is 3.46. The smallest absolute Gasteiger partial charge is 0.472 e. The van der Waals surface area contributed by atoms with Crippen LogP contribution in [0.3, 0.4) is 0 Å². The fourth-order valence-electron chi connectivity index (χ4n) is 1.88. The van der Waals surface area contributed by atoms with Crippen LogP contribution in [0.4, 0.5) is 0 Å². The lowest BCUT2D eigenvalue weighted by atomic mass is 10.2. The molecule has 0 aliphatic heterocycles. The number of phosphoric acid groups is 1. The van der Waals surface area contributed by atoms with Crippen LogP contribution in [0.1, 0.15) is 52.4 Å². The van der Waals surface area contributed by atoms with Crippen LogP contribution in [0, 0.1) is 0 Å². The second-order valence-electron chi connectivity index (χ2n) is 5.99. The molecule has 0 rings (SSSR count). The van der Waals surface area contributed by atoms with Crippen LogP contribution in [-0.4, -0.2) is 61.1 Å². The van der Waals surface area contributed by atoms with Gasteiger partial charge in [-0.05, 0) is 12.8 Å². The van der Waals surface area contributed by atoms with Crippen molar-refractivity contribution in [2.45, 2.75) is 64.5 Å². The Hall–Kier alpha value is -0.540. The molecule has 0 aromatic carbocycles. The molecule has 26 heavy (non-hydrogen) atoms. The van der Waals surface area contributed by atoms with Crippen molar-refractivity contribution < 1.29 is 37.9 Å². The SMILES string of the molecule is CCCCCOC[C@H](COP(=O)(O)OC[C@H](N)C(=O)O)OCCCCC. The molecule has 0 saturated carbocycles. The Morgan fingerprint density at radius 1 is 1.00 bits per heavy atom. The summed E-state index contributed by atoms with van der Waals surface area (Å²) < 4.78 is 32.5. The number of unbranched alkanes of at least 4 members (excludes halogenated alkanes) is 4.